The van der Waals surface area contributed by atoms with Crippen molar-refractivity contribution in [2.75, 3.05) is 46.5 Å². The van der Waals surface area contributed by atoms with Crippen LogP contribution >= 0.6 is 24.8 Å². The van der Waals surface area contributed by atoms with Crippen molar-refractivity contribution in [3.63, 3.8) is 0 Å². The average molecular weight is 421 g/mol. The maximum absolute atomic E-state index is 11.3. The van der Waals surface area contributed by atoms with E-state index in [0.29, 0.717) is 23.5 Å². The van der Waals surface area contributed by atoms with Crippen molar-refractivity contribution in [1.29, 1.82) is 0 Å². The van der Waals surface area contributed by atoms with Crippen molar-refractivity contribution in [2.45, 2.75) is 25.8 Å². The molecule has 3 rings (SSSR count). The van der Waals surface area contributed by atoms with Gasteiger partial charge in [-0.15, -0.1) is 24.8 Å². The maximum atomic E-state index is 11.3. The Hall–Kier alpha value is -1.05. The van der Waals surface area contributed by atoms with Gasteiger partial charge in [0.25, 0.3) is 0 Å². The number of hydrogen-bond donors (Lipinski definition) is 1. The Morgan fingerprint density at radius 3 is 2.44 bits per heavy atom. The molecule has 2 saturated heterocycles. The van der Waals surface area contributed by atoms with Gasteiger partial charge < -0.3 is 19.5 Å². The minimum absolute atomic E-state index is 0. The topological polar surface area (TPSA) is 60.0 Å². The van der Waals surface area contributed by atoms with Gasteiger partial charge in [0.05, 0.1) is 7.11 Å². The molecule has 154 valence electrons. The number of piperazine rings is 1. The van der Waals surface area contributed by atoms with E-state index in [-0.39, 0.29) is 30.8 Å². The van der Waals surface area contributed by atoms with Crippen molar-refractivity contribution in [1.82, 2.24) is 10.2 Å². The Labute approximate surface area is 173 Å². The molecule has 1 aromatic rings. The number of carbonyl (C=O) groups excluding carboxylic acids is 1. The fourth-order valence-electron chi connectivity index (χ4n) is 3.88. The molecule has 0 unspecified atom stereocenters. The molecule has 0 aromatic heterocycles. The predicted octanol–water partition coefficient (Wildman–Crippen LogP) is 2.84. The van der Waals surface area contributed by atoms with Gasteiger partial charge in [0.2, 0.25) is 0 Å². The third-order valence-corrected chi connectivity index (χ3v) is 5.04. The van der Waals surface area contributed by atoms with E-state index in [1.165, 1.54) is 12.5 Å². The molecule has 0 radical (unpaired) electrons. The number of rotatable bonds is 5. The van der Waals surface area contributed by atoms with Gasteiger partial charge in [-0.2, -0.15) is 0 Å². The summed E-state index contributed by atoms with van der Waals surface area (Å²) >= 11 is 0. The Kier molecular flexibility index (Phi) is 10.4. The molecule has 1 atom stereocenters. The van der Waals surface area contributed by atoms with Crippen LogP contribution in [-0.2, 0) is 9.53 Å². The van der Waals surface area contributed by atoms with Crippen LogP contribution in [0.5, 0.6) is 11.5 Å². The first-order valence-electron chi connectivity index (χ1n) is 9.08. The Morgan fingerprint density at radius 2 is 1.85 bits per heavy atom. The average Bonchev–Trinajstić information content (AvgIpc) is 2.64. The van der Waals surface area contributed by atoms with Gasteiger partial charge >= 0.3 is 5.97 Å². The lowest BCUT2D eigenvalue weighted by Crippen LogP contribution is -2.47. The van der Waals surface area contributed by atoms with Crippen LogP contribution in [0.25, 0.3) is 0 Å². The minimum Gasteiger partial charge on any atom is -0.493 e. The second kappa shape index (κ2) is 11.7. The molecule has 6 nitrogen and oxygen atoms in total. The van der Waals surface area contributed by atoms with Gasteiger partial charge in [-0.1, -0.05) is 6.07 Å². The second-order valence-electron chi connectivity index (χ2n) is 6.68. The molecular formula is C19H30Cl2N2O4. The lowest BCUT2D eigenvalue weighted by atomic mass is 9.85. The van der Waals surface area contributed by atoms with Crippen LogP contribution in [0.1, 0.15) is 31.4 Å². The zero-order valence-corrected chi connectivity index (χ0v) is 17.6. The summed E-state index contributed by atoms with van der Waals surface area (Å²) in [5.41, 5.74) is 1.22. The van der Waals surface area contributed by atoms with Gasteiger partial charge in [0.1, 0.15) is 0 Å². The lowest BCUT2D eigenvalue weighted by Gasteiger charge is -2.41. The Balaban J connectivity index is 0.00000182. The van der Waals surface area contributed by atoms with Crippen LogP contribution in [0, 0.1) is 5.92 Å². The number of benzene rings is 1. The molecule has 2 fully saturated rings. The summed E-state index contributed by atoms with van der Waals surface area (Å²) in [5, 5.41) is 3.43. The summed E-state index contributed by atoms with van der Waals surface area (Å²) in [6, 6.07) is 6.29. The molecule has 0 saturated carbocycles. The van der Waals surface area contributed by atoms with E-state index in [2.05, 4.69) is 16.3 Å². The molecule has 2 aliphatic rings. The third kappa shape index (κ3) is 6.22. The molecular weight excluding hydrogens is 391 g/mol. The van der Waals surface area contributed by atoms with Gasteiger partial charge in [0, 0.05) is 52.4 Å². The molecule has 27 heavy (non-hydrogen) atoms. The quantitative estimate of drug-likeness (QED) is 0.583. The van der Waals surface area contributed by atoms with E-state index in [4.69, 9.17) is 14.2 Å². The molecule has 0 aliphatic carbocycles. The van der Waals surface area contributed by atoms with Crippen molar-refractivity contribution in [2.24, 2.45) is 5.92 Å². The summed E-state index contributed by atoms with van der Waals surface area (Å²) in [6.45, 7) is 7.17. The van der Waals surface area contributed by atoms with Crippen LogP contribution in [0.3, 0.4) is 0 Å². The van der Waals surface area contributed by atoms with Crippen LogP contribution in [0.2, 0.25) is 0 Å². The first kappa shape index (κ1) is 24.0. The largest absolute Gasteiger partial charge is 0.493 e. The summed E-state index contributed by atoms with van der Waals surface area (Å²) in [5.74, 6) is 1.31. The van der Waals surface area contributed by atoms with Crippen molar-refractivity contribution < 1.29 is 19.0 Å². The van der Waals surface area contributed by atoms with Crippen LogP contribution in [-0.4, -0.2) is 57.4 Å². The summed E-state index contributed by atoms with van der Waals surface area (Å²) in [4.78, 5) is 13.9. The summed E-state index contributed by atoms with van der Waals surface area (Å²) < 4.78 is 16.3. The highest BCUT2D eigenvalue weighted by Crippen LogP contribution is 2.39. The SMILES string of the molecule is COc1cc([C@H](C2CCOCC2)N2CCNCC2)ccc1OC(C)=O.Cl.Cl. The molecule has 2 aliphatic heterocycles. The Morgan fingerprint density at radius 1 is 1.19 bits per heavy atom. The number of hydrogen-bond acceptors (Lipinski definition) is 6. The normalized spacial score (nSPS) is 19.3. The molecule has 1 aromatic carbocycles. The maximum Gasteiger partial charge on any atom is 0.308 e. The van der Waals surface area contributed by atoms with Gasteiger partial charge in [-0.05, 0) is 36.5 Å². The molecule has 1 N–H and O–H groups in total. The number of nitrogens with one attached hydrogen (secondary N) is 1. The third-order valence-electron chi connectivity index (χ3n) is 5.04. The fraction of sp³-hybridized carbons (Fsp3) is 0.632. The first-order valence-corrected chi connectivity index (χ1v) is 9.08. The number of esters is 1. The van der Waals surface area contributed by atoms with Gasteiger partial charge in [-0.25, -0.2) is 0 Å². The van der Waals surface area contributed by atoms with Crippen molar-refractivity contribution >= 4 is 30.8 Å². The van der Waals surface area contributed by atoms with Crippen molar-refractivity contribution in [3.8, 4) is 11.5 Å². The number of ether oxygens (including phenoxy) is 3. The number of carbonyl (C=O) groups is 1. The minimum atomic E-state index is -0.339. The van der Waals surface area contributed by atoms with Gasteiger partial charge in [0.15, 0.2) is 11.5 Å². The second-order valence-corrected chi connectivity index (χ2v) is 6.68. The summed E-state index contributed by atoms with van der Waals surface area (Å²) in [6.07, 6.45) is 2.14. The van der Waals surface area contributed by atoms with E-state index < -0.39 is 0 Å². The zero-order valence-electron chi connectivity index (χ0n) is 15.9. The van der Waals surface area contributed by atoms with Gasteiger partial charge in [-0.3, -0.25) is 9.69 Å². The molecule has 8 heteroatoms. The molecule has 0 spiro atoms. The highest BCUT2D eigenvalue weighted by Gasteiger charge is 2.31. The number of nitrogens with zero attached hydrogens (tertiary/aromatic N) is 1. The predicted molar refractivity (Wildman–Crippen MR) is 110 cm³/mol. The zero-order chi connectivity index (χ0) is 17.6. The smallest absolute Gasteiger partial charge is 0.308 e. The van der Waals surface area contributed by atoms with E-state index in [9.17, 15) is 4.79 Å². The molecule has 0 amide bonds. The van der Waals surface area contributed by atoms with E-state index in [0.717, 1.165) is 52.2 Å². The van der Waals surface area contributed by atoms with Crippen LogP contribution < -0.4 is 14.8 Å². The molecule has 0 bridgehead atoms. The molecule has 2 heterocycles. The number of methoxy groups -OCH3 is 1. The Bertz CT molecular complexity index is 573. The monoisotopic (exact) mass is 420 g/mol. The fourth-order valence-corrected chi connectivity index (χ4v) is 3.88. The van der Waals surface area contributed by atoms with E-state index >= 15 is 0 Å². The first-order chi connectivity index (χ1) is 12.2. The number of halogens is 2. The highest BCUT2D eigenvalue weighted by molar-refractivity contribution is 5.85. The van der Waals surface area contributed by atoms with Crippen LogP contribution in [0.15, 0.2) is 18.2 Å². The van der Waals surface area contributed by atoms with E-state index in [1.54, 1.807) is 7.11 Å². The lowest BCUT2D eigenvalue weighted by molar-refractivity contribution is -0.132. The van der Waals surface area contributed by atoms with E-state index in [1.807, 2.05) is 12.1 Å². The standard InChI is InChI=1S/C19H28N2O4.2ClH/c1-14(22)25-17-4-3-16(13-18(17)23-2)19(15-5-11-24-12-6-15)21-9-7-20-8-10-21;;/h3-4,13,15,19-20H,5-12H2,1-2H3;2*1H/t19-;;/m0../s1. The van der Waals surface area contributed by atoms with Crippen molar-refractivity contribution in [3.05, 3.63) is 23.8 Å². The summed E-state index contributed by atoms with van der Waals surface area (Å²) in [7, 11) is 1.61. The van der Waals surface area contributed by atoms with Crippen LogP contribution in [0.4, 0.5) is 0 Å². The highest BCUT2D eigenvalue weighted by atomic mass is 35.5.